The molecule has 2 amide bonds. The number of carboxylic acid groups (broad SMARTS) is 2. The zero-order chi connectivity index (χ0) is 34.9. The second kappa shape index (κ2) is 32.4. The Morgan fingerprint density at radius 3 is 0.936 bits per heavy atom. The molecule has 0 rings (SSSR count). The molecule has 9 nitrogen and oxygen atoms in total. The summed E-state index contributed by atoms with van der Waals surface area (Å²) in [6, 6.07) is 0. The molecular weight excluding hydrogens is 594 g/mol. The molecule has 276 valence electrons. The predicted molar refractivity (Wildman–Crippen MR) is 192 cm³/mol. The molecule has 0 aromatic heterocycles. The van der Waals surface area contributed by atoms with Gasteiger partial charge in [0.1, 0.15) is 0 Å². The van der Waals surface area contributed by atoms with Gasteiger partial charge in [0.05, 0.1) is 26.2 Å². The standard InChI is InChI=1S/C38H73N3O6/c1-3-5-7-9-11-13-14-15-16-17-18-20-22-24-26-28-36(43)40-30-32-41(33-37(44)45,34-38(46)47)31-29-39-35(42)27-25-23-21-19-12-10-8-6-4-2/h3-34H2,1-2H3,(H3-,39,40,42,43,44,45,46,47)/p+1. The Hall–Kier alpha value is -2.16. The molecule has 0 aliphatic heterocycles. The molecule has 0 radical (unpaired) electrons. The molecule has 0 spiro atoms. The summed E-state index contributed by atoms with van der Waals surface area (Å²) < 4.78 is -0.234. The highest BCUT2D eigenvalue weighted by Gasteiger charge is 2.33. The molecule has 0 aromatic carbocycles. The second-order valence-electron chi connectivity index (χ2n) is 13.9. The Kier molecular flexibility index (Phi) is 30.9. The van der Waals surface area contributed by atoms with Crippen molar-refractivity contribution in [2.75, 3.05) is 39.3 Å². The third kappa shape index (κ3) is 30.9. The summed E-state index contributed by atoms with van der Waals surface area (Å²) in [5, 5.41) is 24.8. The maximum atomic E-state index is 12.4. The van der Waals surface area contributed by atoms with E-state index < -0.39 is 11.9 Å². The number of amides is 2. The molecule has 0 aliphatic carbocycles. The van der Waals surface area contributed by atoms with Gasteiger partial charge in [-0.25, -0.2) is 9.59 Å². The van der Waals surface area contributed by atoms with E-state index in [-0.39, 0.29) is 55.6 Å². The molecule has 0 aliphatic rings. The van der Waals surface area contributed by atoms with E-state index in [1.165, 1.54) is 116 Å². The number of carboxylic acids is 2. The van der Waals surface area contributed by atoms with Crippen LogP contribution in [0.5, 0.6) is 0 Å². The maximum Gasteiger partial charge on any atom is 0.359 e. The lowest BCUT2D eigenvalue weighted by Gasteiger charge is -2.36. The minimum Gasteiger partial charge on any atom is -0.477 e. The first kappa shape index (κ1) is 44.8. The summed E-state index contributed by atoms with van der Waals surface area (Å²) in [7, 11) is 0. The van der Waals surface area contributed by atoms with Crippen LogP contribution in [-0.2, 0) is 19.2 Å². The Morgan fingerprint density at radius 1 is 0.426 bits per heavy atom. The average Bonchev–Trinajstić information content (AvgIpc) is 3.01. The number of carbonyl (C=O) groups is 4. The summed E-state index contributed by atoms with van der Waals surface area (Å²) in [5.41, 5.74) is 0. The highest BCUT2D eigenvalue weighted by molar-refractivity contribution is 5.76. The Bertz CT molecular complexity index is 775. The first-order chi connectivity index (χ1) is 22.7. The maximum absolute atomic E-state index is 12.4. The van der Waals surface area contributed by atoms with E-state index in [9.17, 15) is 29.4 Å². The number of rotatable bonds is 36. The number of nitrogens with zero attached hydrogens (tertiary/aromatic N) is 1. The Balaban J connectivity index is 4.19. The average molecular weight is 669 g/mol. The van der Waals surface area contributed by atoms with Crippen LogP contribution in [0, 0.1) is 0 Å². The quantitative estimate of drug-likeness (QED) is 0.0392. The zero-order valence-electron chi connectivity index (χ0n) is 30.6. The van der Waals surface area contributed by atoms with Crippen molar-refractivity contribution >= 4 is 23.8 Å². The number of hydrogen-bond acceptors (Lipinski definition) is 4. The summed E-state index contributed by atoms with van der Waals surface area (Å²) in [4.78, 5) is 48.1. The van der Waals surface area contributed by atoms with Gasteiger partial charge in [-0.3, -0.25) is 9.59 Å². The van der Waals surface area contributed by atoms with E-state index >= 15 is 0 Å². The van der Waals surface area contributed by atoms with Gasteiger partial charge in [-0.2, -0.15) is 0 Å². The van der Waals surface area contributed by atoms with Gasteiger partial charge in [-0.15, -0.1) is 0 Å². The summed E-state index contributed by atoms with van der Waals surface area (Å²) in [6.07, 6.45) is 30.4. The fraction of sp³-hybridized carbons (Fsp3) is 0.895. The van der Waals surface area contributed by atoms with Gasteiger partial charge in [0.25, 0.3) is 0 Å². The number of carbonyl (C=O) groups excluding carboxylic acids is 2. The van der Waals surface area contributed by atoms with Crippen LogP contribution in [0.15, 0.2) is 0 Å². The molecule has 0 saturated heterocycles. The van der Waals surface area contributed by atoms with Crippen LogP contribution in [0.1, 0.15) is 181 Å². The molecule has 0 heterocycles. The van der Waals surface area contributed by atoms with E-state index in [2.05, 4.69) is 24.5 Å². The SMILES string of the molecule is CCCCCCCCCCCCCCCCCC(=O)NCC[N+](CCNC(=O)CCCCCCCCCCC)(CC(=O)O)CC(=O)O. The van der Waals surface area contributed by atoms with E-state index in [4.69, 9.17) is 0 Å². The highest BCUT2D eigenvalue weighted by atomic mass is 16.4. The van der Waals surface area contributed by atoms with Crippen molar-refractivity contribution in [1.29, 1.82) is 0 Å². The lowest BCUT2D eigenvalue weighted by Crippen LogP contribution is -2.59. The van der Waals surface area contributed by atoms with Crippen molar-refractivity contribution in [1.82, 2.24) is 10.6 Å². The van der Waals surface area contributed by atoms with Crippen LogP contribution < -0.4 is 10.6 Å². The second-order valence-corrected chi connectivity index (χ2v) is 13.9. The van der Waals surface area contributed by atoms with Crippen molar-refractivity contribution in [3.8, 4) is 0 Å². The molecule has 0 saturated carbocycles. The first-order valence-corrected chi connectivity index (χ1v) is 19.6. The van der Waals surface area contributed by atoms with E-state index in [1.807, 2.05) is 0 Å². The van der Waals surface area contributed by atoms with E-state index in [0.717, 1.165) is 38.5 Å². The minimum absolute atomic E-state index is 0.0855. The topological polar surface area (TPSA) is 133 Å². The molecule has 4 N–H and O–H groups in total. The zero-order valence-corrected chi connectivity index (χ0v) is 30.6. The number of aliphatic carboxylic acids is 2. The molecular formula is C38H74N3O6+. The molecule has 0 fully saturated rings. The molecule has 0 atom stereocenters. The molecule has 0 bridgehead atoms. The van der Waals surface area contributed by atoms with Crippen LogP contribution >= 0.6 is 0 Å². The van der Waals surface area contributed by atoms with Crippen LogP contribution in [0.2, 0.25) is 0 Å². The van der Waals surface area contributed by atoms with Gasteiger partial charge in [0.15, 0.2) is 13.1 Å². The highest BCUT2D eigenvalue weighted by Crippen LogP contribution is 2.14. The van der Waals surface area contributed by atoms with Crippen molar-refractivity contribution in [2.24, 2.45) is 0 Å². The van der Waals surface area contributed by atoms with Gasteiger partial charge in [0.2, 0.25) is 11.8 Å². The fourth-order valence-electron chi connectivity index (χ4n) is 6.35. The Morgan fingerprint density at radius 2 is 0.681 bits per heavy atom. The number of unbranched alkanes of at least 4 members (excludes halogenated alkanes) is 22. The number of hydrogen-bond donors (Lipinski definition) is 4. The van der Waals surface area contributed by atoms with Crippen LogP contribution in [0.3, 0.4) is 0 Å². The number of nitrogens with one attached hydrogen (secondary N) is 2. The first-order valence-electron chi connectivity index (χ1n) is 19.6. The smallest absolute Gasteiger partial charge is 0.359 e. The van der Waals surface area contributed by atoms with Crippen LogP contribution in [0.4, 0.5) is 0 Å². The molecule has 47 heavy (non-hydrogen) atoms. The number of quaternary nitrogens is 1. The molecule has 0 unspecified atom stereocenters. The molecule has 9 heteroatoms. The van der Waals surface area contributed by atoms with Crippen molar-refractivity contribution in [3.63, 3.8) is 0 Å². The van der Waals surface area contributed by atoms with Crippen molar-refractivity contribution in [3.05, 3.63) is 0 Å². The van der Waals surface area contributed by atoms with Crippen molar-refractivity contribution < 1.29 is 33.9 Å². The summed E-state index contributed by atoms with van der Waals surface area (Å²) in [6.45, 7) is 4.46. The van der Waals surface area contributed by atoms with E-state index in [1.54, 1.807) is 0 Å². The monoisotopic (exact) mass is 669 g/mol. The Labute approximate surface area is 288 Å². The van der Waals surface area contributed by atoms with Gasteiger partial charge < -0.3 is 25.3 Å². The summed E-state index contributed by atoms with van der Waals surface area (Å²) >= 11 is 0. The van der Waals surface area contributed by atoms with Gasteiger partial charge in [0, 0.05) is 12.8 Å². The lowest BCUT2D eigenvalue weighted by atomic mass is 10.0. The van der Waals surface area contributed by atoms with Gasteiger partial charge >= 0.3 is 11.9 Å². The molecule has 0 aromatic rings. The lowest BCUT2D eigenvalue weighted by molar-refractivity contribution is -0.912. The summed E-state index contributed by atoms with van der Waals surface area (Å²) in [5.74, 6) is -2.38. The van der Waals surface area contributed by atoms with Gasteiger partial charge in [-0.1, -0.05) is 155 Å². The third-order valence-corrected chi connectivity index (χ3v) is 9.27. The minimum atomic E-state index is -1.10. The van der Waals surface area contributed by atoms with Crippen molar-refractivity contribution in [2.45, 2.75) is 181 Å². The normalized spacial score (nSPS) is 11.4. The third-order valence-electron chi connectivity index (χ3n) is 9.27. The van der Waals surface area contributed by atoms with Crippen LogP contribution in [0.25, 0.3) is 0 Å². The van der Waals surface area contributed by atoms with Gasteiger partial charge in [-0.05, 0) is 12.8 Å². The van der Waals surface area contributed by atoms with Crippen LogP contribution in [-0.4, -0.2) is 77.7 Å². The fourth-order valence-corrected chi connectivity index (χ4v) is 6.35. The largest absolute Gasteiger partial charge is 0.477 e. The predicted octanol–water partition coefficient (Wildman–Crippen LogP) is 8.39. The van der Waals surface area contributed by atoms with E-state index in [0.29, 0.717) is 12.8 Å².